The van der Waals surface area contributed by atoms with E-state index in [-0.39, 0.29) is 0 Å². The number of thioether (sulfide) groups is 2. The first-order chi connectivity index (χ1) is 7.02. The maximum Gasteiger partial charge on any atom is 0.0766 e. The van der Waals surface area contributed by atoms with Gasteiger partial charge in [-0.2, -0.15) is 23.5 Å². The van der Waals surface area contributed by atoms with Crippen LogP contribution < -0.4 is 5.32 Å². The van der Waals surface area contributed by atoms with E-state index in [0.717, 1.165) is 11.8 Å². The summed E-state index contributed by atoms with van der Waals surface area (Å²) in [4.78, 5) is 0. The van der Waals surface area contributed by atoms with E-state index in [1.165, 1.54) is 17.3 Å². The van der Waals surface area contributed by atoms with Crippen LogP contribution in [-0.4, -0.2) is 46.3 Å². The zero-order valence-corrected chi connectivity index (χ0v) is 11.6. The molecule has 15 heavy (non-hydrogen) atoms. The Hall–Kier alpha value is 0.620. The average Bonchev–Trinajstić information content (AvgIpc) is 2.19. The summed E-state index contributed by atoms with van der Waals surface area (Å²) < 4.78 is 0. The summed E-state index contributed by atoms with van der Waals surface area (Å²) in [5.74, 6) is 4.13. The zero-order chi connectivity index (χ0) is 11.3. The van der Waals surface area contributed by atoms with Gasteiger partial charge in [-0.05, 0) is 12.8 Å². The van der Waals surface area contributed by atoms with Crippen molar-refractivity contribution in [3.63, 3.8) is 0 Å². The first-order valence-electron chi connectivity index (χ1n) is 5.65. The summed E-state index contributed by atoms with van der Waals surface area (Å²) >= 11 is 4.10. The lowest BCUT2D eigenvalue weighted by Crippen LogP contribution is -2.44. The molecular formula is C11H23NOS2. The normalized spacial score (nSPS) is 26.6. The van der Waals surface area contributed by atoms with Gasteiger partial charge in [-0.25, -0.2) is 0 Å². The molecule has 0 spiro atoms. The van der Waals surface area contributed by atoms with Crippen molar-refractivity contribution >= 4 is 23.5 Å². The molecule has 0 aromatic carbocycles. The monoisotopic (exact) mass is 249 g/mol. The Labute approximate surface area is 102 Å². The minimum Gasteiger partial charge on any atom is -0.389 e. The molecule has 0 radical (unpaired) electrons. The van der Waals surface area contributed by atoms with E-state index in [0.29, 0.717) is 12.5 Å². The number of hydrogen-bond donors (Lipinski definition) is 2. The predicted octanol–water partition coefficient (Wildman–Crippen LogP) is 1.83. The molecule has 2 unspecified atom stereocenters. The summed E-state index contributed by atoms with van der Waals surface area (Å²) in [5.41, 5.74) is -0.577. The SMILES string of the molecule is CC(C)C(C)(O)CNCC1CSCCS1. The van der Waals surface area contributed by atoms with Gasteiger partial charge in [0.2, 0.25) is 0 Å². The van der Waals surface area contributed by atoms with Crippen molar-refractivity contribution in [2.75, 3.05) is 30.3 Å². The Morgan fingerprint density at radius 3 is 2.73 bits per heavy atom. The smallest absolute Gasteiger partial charge is 0.0766 e. The van der Waals surface area contributed by atoms with E-state index in [9.17, 15) is 5.11 Å². The van der Waals surface area contributed by atoms with Crippen molar-refractivity contribution in [1.29, 1.82) is 0 Å². The van der Waals surface area contributed by atoms with Crippen molar-refractivity contribution in [1.82, 2.24) is 5.32 Å². The van der Waals surface area contributed by atoms with E-state index in [1.54, 1.807) is 0 Å². The summed E-state index contributed by atoms with van der Waals surface area (Å²) in [6.07, 6.45) is 0. The van der Waals surface area contributed by atoms with Crippen LogP contribution in [0.1, 0.15) is 20.8 Å². The van der Waals surface area contributed by atoms with Gasteiger partial charge < -0.3 is 10.4 Å². The molecule has 1 heterocycles. The third-order valence-electron chi connectivity index (χ3n) is 2.98. The van der Waals surface area contributed by atoms with Gasteiger partial charge >= 0.3 is 0 Å². The van der Waals surface area contributed by atoms with Crippen LogP contribution in [0.3, 0.4) is 0 Å². The van der Waals surface area contributed by atoms with Crippen LogP contribution in [0.15, 0.2) is 0 Å². The molecule has 0 bridgehead atoms. The van der Waals surface area contributed by atoms with Gasteiger partial charge in [0.05, 0.1) is 5.60 Å². The third kappa shape index (κ3) is 4.98. The molecule has 2 atom stereocenters. The molecule has 2 nitrogen and oxygen atoms in total. The first-order valence-corrected chi connectivity index (χ1v) is 7.85. The summed E-state index contributed by atoms with van der Waals surface area (Å²) in [6.45, 7) is 7.76. The number of hydrogen-bond acceptors (Lipinski definition) is 4. The highest BCUT2D eigenvalue weighted by atomic mass is 32.2. The Morgan fingerprint density at radius 2 is 2.20 bits per heavy atom. The molecular weight excluding hydrogens is 226 g/mol. The lowest BCUT2D eigenvalue weighted by Gasteiger charge is -2.29. The highest BCUT2D eigenvalue weighted by Crippen LogP contribution is 2.23. The molecule has 0 amide bonds. The second-order valence-corrected chi connectivity index (χ2v) is 7.27. The lowest BCUT2D eigenvalue weighted by atomic mass is 9.92. The van der Waals surface area contributed by atoms with Gasteiger partial charge in [-0.1, -0.05) is 13.8 Å². The molecule has 1 aliphatic rings. The molecule has 0 saturated carbocycles. The Bertz CT molecular complexity index is 179. The minimum atomic E-state index is -0.577. The first kappa shape index (κ1) is 13.7. The van der Waals surface area contributed by atoms with Crippen molar-refractivity contribution in [3.05, 3.63) is 0 Å². The van der Waals surface area contributed by atoms with Crippen molar-refractivity contribution < 1.29 is 5.11 Å². The molecule has 90 valence electrons. The molecule has 0 aromatic heterocycles. The molecule has 1 saturated heterocycles. The van der Waals surface area contributed by atoms with Crippen molar-refractivity contribution in [3.8, 4) is 0 Å². The van der Waals surface area contributed by atoms with Crippen LogP contribution in [0.2, 0.25) is 0 Å². The second kappa shape index (κ2) is 6.38. The lowest BCUT2D eigenvalue weighted by molar-refractivity contribution is 0.0145. The fraction of sp³-hybridized carbons (Fsp3) is 1.00. The van der Waals surface area contributed by atoms with E-state index < -0.39 is 5.60 Å². The number of nitrogens with one attached hydrogen (secondary N) is 1. The Kier molecular flexibility index (Phi) is 5.82. The fourth-order valence-corrected chi connectivity index (χ4v) is 3.99. The molecule has 4 heteroatoms. The van der Waals surface area contributed by atoms with E-state index in [1.807, 2.05) is 18.7 Å². The predicted molar refractivity (Wildman–Crippen MR) is 71.9 cm³/mol. The zero-order valence-electron chi connectivity index (χ0n) is 9.95. The van der Waals surface area contributed by atoms with Gasteiger partial charge in [0.1, 0.15) is 0 Å². The van der Waals surface area contributed by atoms with Crippen LogP contribution in [0.5, 0.6) is 0 Å². The maximum absolute atomic E-state index is 10.0. The van der Waals surface area contributed by atoms with Crippen LogP contribution in [0.25, 0.3) is 0 Å². The van der Waals surface area contributed by atoms with Gasteiger partial charge in [0.25, 0.3) is 0 Å². The fourth-order valence-electron chi connectivity index (χ4n) is 1.34. The third-order valence-corrected chi connectivity index (χ3v) is 5.83. The van der Waals surface area contributed by atoms with Crippen LogP contribution in [0, 0.1) is 5.92 Å². The van der Waals surface area contributed by atoms with Gasteiger partial charge in [0, 0.05) is 35.6 Å². The average molecular weight is 249 g/mol. The quantitative estimate of drug-likeness (QED) is 0.779. The second-order valence-electron chi connectivity index (χ2n) is 4.71. The van der Waals surface area contributed by atoms with Crippen molar-refractivity contribution in [2.45, 2.75) is 31.6 Å². The molecule has 1 rings (SSSR count). The molecule has 0 aliphatic carbocycles. The van der Waals surface area contributed by atoms with Gasteiger partial charge in [-0.15, -0.1) is 0 Å². The molecule has 2 N–H and O–H groups in total. The van der Waals surface area contributed by atoms with Gasteiger partial charge in [-0.3, -0.25) is 0 Å². The summed E-state index contributed by atoms with van der Waals surface area (Å²) in [6, 6.07) is 0. The molecule has 1 aliphatic heterocycles. The minimum absolute atomic E-state index is 0.304. The van der Waals surface area contributed by atoms with E-state index >= 15 is 0 Å². The highest BCUT2D eigenvalue weighted by molar-refractivity contribution is 8.06. The number of aliphatic hydroxyl groups is 1. The Balaban J connectivity index is 2.14. The van der Waals surface area contributed by atoms with E-state index in [2.05, 4.69) is 30.9 Å². The topological polar surface area (TPSA) is 32.3 Å². The summed E-state index contributed by atoms with van der Waals surface area (Å²) in [5, 5.41) is 14.2. The maximum atomic E-state index is 10.0. The standard InChI is InChI=1S/C11H23NOS2/c1-9(2)11(3,13)8-12-6-10-7-14-4-5-15-10/h9-10,12-13H,4-8H2,1-3H3. The van der Waals surface area contributed by atoms with Crippen molar-refractivity contribution in [2.24, 2.45) is 5.92 Å². The van der Waals surface area contributed by atoms with Crippen LogP contribution >= 0.6 is 23.5 Å². The Morgan fingerprint density at radius 1 is 1.47 bits per heavy atom. The largest absolute Gasteiger partial charge is 0.389 e. The van der Waals surface area contributed by atoms with Gasteiger partial charge in [0.15, 0.2) is 0 Å². The van der Waals surface area contributed by atoms with E-state index in [4.69, 9.17) is 0 Å². The number of rotatable bonds is 5. The highest BCUT2D eigenvalue weighted by Gasteiger charge is 2.24. The molecule has 0 aromatic rings. The molecule has 1 fully saturated rings. The van der Waals surface area contributed by atoms with Crippen LogP contribution in [-0.2, 0) is 0 Å². The summed E-state index contributed by atoms with van der Waals surface area (Å²) in [7, 11) is 0. The van der Waals surface area contributed by atoms with Crippen LogP contribution in [0.4, 0.5) is 0 Å².